The first-order valence-electron chi connectivity index (χ1n) is 10.1. The summed E-state index contributed by atoms with van der Waals surface area (Å²) in [7, 11) is 1.37. The molecule has 5 nitrogen and oxygen atoms in total. The van der Waals surface area contributed by atoms with Crippen molar-refractivity contribution in [3.63, 3.8) is 0 Å². The molecule has 1 heterocycles. The van der Waals surface area contributed by atoms with Crippen molar-refractivity contribution in [3.8, 4) is 0 Å². The summed E-state index contributed by atoms with van der Waals surface area (Å²) in [5, 5.41) is 3.12. The fraction of sp³-hybridized carbons (Fsp3) is 0.636. The molecule has 150 valence electrons. The predicted octanol–water partition coefficient (Wildman–Crippen LogP) is 3.31. The lowest BCUT2D eigenvalue weighted by atomic mass is 10.0. The average Bonchev–Trinajstić information content (AvgIpc) is 2.63. The largest absolute Gasteiger partial charge is 0.469 e. The smallest absolute Gasteiger partial charge is 0.305 e. The molecule has 0 radical (unpaired) electrons. The normalized spacial score (nSPS) is 17.7. The van der Waals surface area contributed by atoms with E-state index in [2.05, 4.69) is 53.1 Å². The van der Waals surface area contributed by atoms with Gasteiger partial charge >= 0.3 is 5.97 Å². The molecule has 1 amide bonds. The number of hydrogen-bond donors (Lipinski definition) is 1. The van der Waals surface area contributed by atoms with Gasteiger partial charge in [-0.25, -0.2) is 0 Å². The first-order chi connectivity index (χ1) is 13.0. The summed E-state index contributed by atoms with van der Waals surface area (Å²) in [6.45, 7) is 7.37. The van der Waals surface area contributed by atoms with Gasteiger partial charge in [0.15, 0.2) is 0 Å². The van der Waals surface area contributed by atoms with Gasteiger partial charge in [0.05, 0.1) is 7.11 Å². The lowest BCUT2D eigenvalue weighted by Gasteiger charge is -2.33. The number of hydrogen-bond acceptors (Lipinski definition) is 4. The van der Waals surface area contributed by atoms with Crippen molar-refractivity contribution in [3.05, 3.63) is 35.4 Å². The highest BCUT2D eigenvalue weighted by atomic mass is 16.5. The number of piperidine rings is 1. The van der Waals surface area contributed by atoms with Gasteiger partial charge in [0, 0.05) is 32.0 Å². The zero-order valence-corrected chi connectivity index (χ0v) is 17.0. The standard InChI is InChI=1S/C22H34N2O3/c1-17(2)14-18-9-11-19(12-10-18)15-24-13-5-6-20(16-24)23-21(25)7-4-8-22(26)27-3/h9-12,17,20H,4-8,13-16H2,1-3H3,(H,23,25). The van der Waals surface area contributed by atoms with E-state index in [9.17, 15) is 9.59 Å². The van der Waals surface area contributed by atoms with E-state index in [0.29, 0.717) is 25.2 Å². The zero-order chi connectivity index (χ0) is 19.6. The van der Waals surface area contributed by atoms with Crippen molar-refractivity contribution < 1.29 is 14.3 Å². The highest BCUT2D eigenvalue weighted by Crippen LogP contribution is 2.16. The van der Waals surface area contributed by atoms with Gasteiger partial charge in [-0.1, -0.05) is 38.1 Å². The van der Waals surface area contributed by atoms with E-state index in [1.54, 1.807) is 0 Å². The van der Waals surface area contributed by atoms with Crippen LogP contribution in [0.2, 0.25) is 0 Å². The molecule has 1 N–H and O–H groups in total. The lowest BCUT2D eigenvalue weighted by molar-refractivity contribution is -0.140. The summed E-state index contributed by atoms with van der Waals surface area (Å²) in [6.07, 6.45) is 4.45. The highest BCUT2D eigenvalue weighted by Gasteiger charge is 2.21. The van der Waals surface area contributed by atoms with Crippen LogP contribution in [0.5, 0.6) is 0 Å². The van der Waals surface area contributed by atoms with Crippen LogP contribution in [-0.2, 0) is 27.3 Å². The molecule has 1 saturated heterocycles. The van der Waals surface area contributed by atoms with Crippen LogP contribution >= 0.6 is 0 Å². The van der Waals surface area contributed by atoms with Gasteiger partial charge in [0.2, 0.25) is 5.91 Å². The molecule has 1 aromatic carbocycles. The minimum atomic E-state index is -0.258. The Labute approximate surface area is 163 Å². The number of nitrogens with one attached hydrogen (secondary N) is 1. The van der Waals surface area contributed by atoms with Crippen molar-refractivity contribution in [2.24, 2.45) is 5.92 Å². The quantitative estimate of drug-likeness (QED) is 0.674. The highest BCUT2D eigenvalue weighted by molar-refractivity contribution is 5.77. The Morgan fingerprint density at radius 2 is 1.89 bits per heavy atom. The van der Waals surface area contributed by atoms with E-state index in [-0.39, 0.29) is 17.9 Å². The number of carbonyl (C=O) groups excluding carboxylic acids is 2. The van der Waals surface area contributed by atoms with E-state index in [0.717, 1.165) is 38.9 Å². The number of carbonyl (C=O) groups is 2. The molecule has 0 bridgehead atoms. The summed E-state index contributed by atoms with van der Waals surface area (Å²) in [6, 6.07) is 9.13. The van der Waals surface area contributed by atoms with Crippen LogP contribution in [0.1, 0.15) is 57.1 Å². The van der Waals surface area contributed by atoms with Crippen LogP contribution in [0.4, 0.5) is 0 Å². The SMILES string of the molecule is COC(=O)CCCC(=O)NC1CCCN(Cc2ccc(CC(C)C)cc2)C1. The van der Waals surface area contributed by atoms with Crippen LogP contribution in [0.25, 0.3) is 0 Å². The molecule has 0 saturated carbocycles. The Balaban J connectivity index is 1.75. The summed E-state index contributed by atoms with van der Waals surface area (Å²) in [5.74, 6) is 0.449. The Kier molecular flexibility index (Phi) is 8.79. The molecular formula is C22H34N2O3. The molecule has 0 spiro atoms. The van der Waals surface area contributed by atoms with E-state index in [4.69, 9.17) is 0 Å². The number of rotatable bonds is 9. The number of ether oxygens (including phenoxy) is 1. The molecule has 1 unspecified atom stereocenters. The topological polar surface area (TPSA) is 58.6 Å². The monoisotopic (exact) mass is 374 g/mol. The third-order valence-corrected chi connectivity index (χ3v) is 4.96. The van der Waals surface area contributed by atoms with E-state index < -0.39 is 0 Å². The van der Waals surface area contributed by atoms with Crippen LogP contribution in [0.15, 0.2) is 24.3 Å². The van der Waals surface area contributed by atoms with Gasteiger partial charge in [0.25, 0.3) is 0 Å². The van der Waals surface area contributed by atoms with Gasteiger partial charge < -0.3 is 10.1 Å². The van der Waals surface area contributed by atoms with Gasteiger partial charge in [-0.3, -0.25) is 14.5 Å². The molecule has 1 fully saturated rings. The Morgan fingerprint density at radius 3 is 2.56 bits per heavy atom. The number of nitrogens with zero attached hydrogens (tertiary/aromatic N) is 1. The maximum absolute atomic E-state index is 12.1. The first-order valence-corrected chi connectivity index (χ1v) is 10.1. The minimum Gasteiger partial charge on any atom is -0.469 e. The van der Waals surface area contributed by atoms with Crippen molar-refractivity contribution in [2.75, 3.05) is 20.2 Å². The van der Waals surface area contributed by atoms with Crippen molar-refractivity contribution in [1.82, 2.24) is 10.2 Å². The van der Waals surface area contributed by atoms with Gasteiger partial charge in [-0.2, -0.15) is 0 Å². The molecule has 1 aliphatic heterocycles. The fourth-order valence-corrected chi connectivity index (χ4v) is 3.62. The summed E-state index contributed by atoms with van der Waals surface area (Å²) >= 11 is 0. The van der Waals surface area contributed by atoms with Crippen molar-refractivity contribution in [1.29, 1.82) is 0 Å². The van der Waals surface area contributed by atoms with Gasteiger partial charge in [-0.15, -0.1) is 0 Å². The molecule has 0 aromatic heterocycles. The summed E-state index contributed by atoms with van der Waals surface area (Å²) < 4.78 is 4.60. The first kappa shape index (κ1) is 21.4. The summed E-state index contributed by atoms with van der Waals surface area (Å²) in [5.41, 5.74) is 2.72. The number of amides is 1. The van der Waals surface area contributed by atoms with Crippen molar-refractivity contribution in [2.45, 2.75) is 65.0 Å². The second-order valence-corrected chi connectivity index (χ2v) is 7.99. The van der Waals surface area contributed by atoms with Gasteiger partial charge in [-0.05, 0) is 49.3 Å². The summed E-state index contributed by atoms with van der Waals surface area (Å²) in [4.78, 5) is 25.6. The second kappa shape index (κ2) is 11.1. The number of likely N-dealkylation sites (tertiary alicyclic amines) is 1. The Morgan fingerprint density at radius 1 is 1.19 bits per heavy atom. The molecular weight excluding hydrogens is 340 g/mol. The van der Waals surface area contributed by atoms with Crippen LogP contribution in [0.3, 0.4) is 0 Å². The lowest BCUT2D eigenvalue weighted by Crippen LogP contribution is -2.47. The minimum absolute atomic E-state index is 0.0313. The number of methoxy groups -OCH3 is 1. The maximum Gasteiger partial charge on any atom is 0.305 e. The van der Waals surface area contributed by atoms with Crippen LogP contribution in [-0.4, -0.2) is 43.0 Å². The number of esters is 1. The Bertz CT molecular complexity index is 598. The van der Waals surface area contributed by atoms with Crippen molar-refractivity contribution >= 4 is 11.9 Å². The third-order valence-electron chi connectivity index (χ3n) is 4.96. The Hall–Kier alpha value is -1.88. The molecule has 5 heteroatoms. The van der Waals surface area contributed by atoms with Crippen LogP contribution in [0, 0.1) is 5.92 Å². The predicted molar refractivity (Wildman–Crippen MR) is 107 cm³/mol. The third kappa shape index (κ3) is 8.12. The molecule has 2 rings (SSSR count). The molecule has 1 aromatic rings. The van der Waals surface area contributed by atoms with E-state index >= 15 is 0 Å². The molecule has 27 heavy (non-hydrogen) atoms. The average molecular weight is 375 g/mol. The second-order valence-electron chi connectivity index (χ2n) is 7.99. The zero-order valence-electron chi connectivity index (χ0n) is 17.0. The van der Waals surface area contributed by atoms with E-state index in [1.165, 1.54) is 18.2 Å². The van der Waals surface area contributed by atoms with Crippen LogP contribution < -0.4 is 5.32 Å². The fourth-order valence-electron chi connectivity index (χ4n) is 3.62. The van der Waals surface area contributed by atoms with Gasteiger partial charge in [0.1, 0.15) is 0 Å². The molecule has 0 aliphatic carbocycles. The number of benzene rings is 1. The van der Waals surface area contributed by atoms with E-state index in [1.807, 2.05) is 0 Å². The molecule has 1 aliphatic rings. The molecule has 1 atom stereocenters. The maximum atomic E-state index is 12.1.